The quantitative estimate of drug-likeness (QED) is 0.163. The molecule has 0 bridgehead atoms. The number of benzene rings is 1. The van der Waals surface area contributed by atoms with Crippen LogP contribution in [0.4, 0.5) is 17.6 Å². The van der Waals surface area contributed by atoms with Crippen LogP contribution in [0.15, 0.2) is 36.5 Å². The molecule has 2 saturated carbocycles. The molecule has 3 aliphatic heterocycles. The van der Waals surface area contributed by atoms with Crippen molar-refractivity contribution in [3.63, 3.8) is 0 Å². The Balaban J connectivity index is 1.23. The number of fused-ring (bicyclic) bond motifs is 5. The van der Waals surface area contributed by atoms with Crippen molar-refractivity contribution in [2.45, 2.75) is 127 Å². The van der Waals surface area contributed by atoms with E-state index >= 15 is 0 Å². The number of aryl methyl sites for hydroxylation is 1. The molecule has 328 valence electrons. The molecule has 5 aliphatic rings. The Labute approximate surface area is 347 Å². The topological polar surface area (TPSA) is 158 Å². The molecular weight excluding hydrogens is 811 g/mol. The highest BCUT2D eigenvalue weighted by Crippen LogP contribution is 2.58. The molecule has 0 unspecified atom stereocenters. The number of ketones is 1. The third kappa shape index (κ3) is 8.48. The van der Waals surface area contributed by atoms with Crippen LogP contribution in [0.25, 0.3) is 10.8 Å². The molecule has 3 fully saturated rings. The Morgan fingerprint density at radius 2 is 1.83 bits per heavy atom. The van der Waals surface area contributed by atoms with E-state index in [1.165, 1.54) is 4.90 Å². The molecule has 2 amide bonds. The molecular formula is C43H53F4N3O9S. The van der Waals surface area contributed by atoms with Gasteiger partial charge < -0.3 is 19.1 Å². The summed E-state index contributed by atoms with van der Waals surface area (Å²) in [6, 6.07) is 4.40. The first-order chi connectivity index (χ1) is 28.2. The Morgan fingerprint density at radius 3 is 2.53 bits per heavy atom. The number of nitrogens with zero attached hydrogens (tertiary/aromatic N) is 2. The fourth-order valence-corrected chi connectivity index (χ4v) is 10.6. The van der Waals surface area contributed by atoms with Crippen molar-refractivity contribution in [1.82, 2.24) is 14.6 Å². The van der Waals surface area contributed by atoms with Crippen molar-refractivity contribution >= 4 is 44.4 Å². The van der Waals surface area contributed by atoms with E-state index in [-0.39, 0.29) is 44.0 Å². The Bertz CT molecular complexity index is 2170. The van der Waals surface area contributed by atoms with E-state index in [4.69, 9.17) is 14.2 Å². The molecule has 1 aromatic heterocycles. The lowest BCUT2D eigenvalue weighted by molar-refractivity contribution is -0.257. The monoisotopic (exact) mass is 863 g/mol. The van der Waals surface area contributed by atoms with Gasteiger partial charge in [0.05, 0.1) is 36.9 Å². The van der Waals surface area contributed by atoms with E-state index in [0.29, 0.717) is 31.3 Å². The lowest BCUT2D eigenvalue weighted by atomic mass is 9.82. The largest absolute Gasteiger partial charge is 0.493 e. The van der Waals surface area contributed by atoms with Crippen LogP contribution in [-0.2, 0) is 40.4 Å². The zero-order valence-corrected chi connectivity index (χ0v) is 35.1. The second kappa shape index (κ2) is 16.2. The standard InChI is InChI=1S/C43H53F4N3O9S/c1-25-8-5-6-10-28-21-42(28,39(54)49-60(55,56)41(24-44)14-15-41)22-34(51)33-19-29(58-37-31-12-11-27-9-7-17-57-36(27)30(31)13-16-48-37)23-50(33)38(53)32(26(2)18-25)20-35(52)59-40(3,4)43(45,46)47/h6,10-13,16,25-26,28-29,32-33H,5,7-9,14-15,17-24H2,1-4H3,(H,49,54)/b10-6-/t25-,26-,28-,29-,32+,33+,42-/m1/s1. The first-order valence-corrected chi connectivity index (χ1v) is 22.3. The number of carbonyl (C=O) groups excluding carboxylic acids is 4. The molecule has 7 atom stereocenters. The number of sulfonamides is 1. The van der Waals surface area contributed by atoms with E-state index in [2.05, 4.69) is 9.71 Å². The van der Waals surface area contributed by atoms with Gasteiger partial charge in [-0.3, -0.25) is 23.9 Å². The molecule has 12 nitrogen and oxygen atoms in total. The van der Waals surface area contributed by atoms with Crippen molar-refractivity contribution in [2.24, 2.45) is 29.1 Å². The van der Waals surface area contributed by atoms with E-state index in [9.17, 15) is 45.2 Å². The molecule has 2 aromatic rings. The summed E-state index contributed by atoms with van der Waals surface area (Å²) in [5.74, 6) is -4.67. The first kappa shape index (κ1) is 43.8. The summed E-state index contributed by atoms with van der Waals surface area (Å²) >= 11 is 0. The van der Waals surface area contributed by atoms with Gasteiger partial charge in [-0.25, -0.2) is 17.8 Å². The van der Waals surface area contributed by atoms with Crippen molar-refractivity contribution in [3.8, 4) is 11.6 Å². The summed E-state index contributed by atoms with van der Waals surface area (Å²) in [6.45, 7) is 4.39. The van der Waals surface area contributed by atoms with Crippen LogP contribution < -0.4 is 14.2 Å². The summed E-state index contributed by atoms with van der Waals surface area (Å²) in [7, 11) is -4.41. The number of nitrogens with one attached hydrogen (secondary N) is 1. The van der Waals surface area contributed by atoms with Crippen LogP contribution in [-0.4, -0.2) is 90.4 Å². The number of pyridine rings is 1. The Kier molecular flexibility index (Phi) is 11.8. The van der Waals surface area contributed by atoms with Crippen molar-refractivity contribution in [1.29, 1.82) is 0 Å². The molecule has 60 heavy (non-hydrogen) atoms. The minimum Gasteiger partial charge on any atom is -0.493 e. The number of esters is 1. The van der Waals surface area contributed by atoms with Crippen LogP contribution in [0.5, 0.6) is 11.6 Å². The van der Waals surface area contributed by atoms with Gasteiger partial charge in [0, 0.05) is 29.8 Å². The van der Waals surface area contributed by atoms with Crippen LogP contribution >= 0.6 is 0 Å². The number of carbonyl (C=O) groups is 4. The number of amides is 2. The lowest BCUT2D eigenvalue weighted by Gasteiger charge is -2.33. The van der Waals surface area contributed by atoms with Crippen LogP contribution in [0, 0.1) is 29.1 Å². The molecule has 1 saturated heterocycles. The second-order valence-electron chi connectivity index (χ2n) is 18.2. The third-order valence-corrected chi connectivity index (χ3v) is 15.4. The minimum absolute atomic E-state index is 0.0141. The van der Waals surface area contributed by atoms with Gasteiger partial charge in [-0.1, -0.05) is 32.1 Å². The maximum atomic E-state index is 14.9. The number of rotatable bonds is 9. The summed E-state index contributed by atoms with van der Waals surface area (Å²) in [5, 5.41) is 1.42. The molecule has 0 spiro atoms. The van der Waals surface area contributed by atoms with Gasteiger partial charge in [0.2, 0.25) is 33.3 Å². The number of ether oxygens (including phenoxy) is 3. The smallest absolute Gasteiger partial charge is 0.427 e. The SMILES string of the molecule is C[C@@H]1CC/C=C\[C@@H]2C[C@@]2(C(=O)NS(=O)(=O)C2(CF)CC2)CC(=O)[C@@H]2C[C@@H](Oc3nccc4c5c(ccc34)CCCO5)CN2C(=O)[C@@H](CC(=O)OC(C)(C)C(F)(F)F)[C@H](C)C1. The van der Waals surface area contributed by atoms with Gasteiger partial charge in [0.25, 0.3) is 0 Å². The molecule has 4 heterocycles. The lowest BCUT2D eigenvalue weighted by Crippen LogP contribution is -2.49. The highest BCUT2D eigenvalue weighted by Gasteiger charge is 2.63. The average Bonchev–Trinajstić information content (AvgIpc) is 4.09. The maximum Gasteiger partial charge on any atom is 0.427 e. The number of aromatic nitrogens is 1. The van der Waals surface area contributed by atoms with E-state index in [1.54, 1.807) is 19.2 Å². The van der Waals surface area contributed by atoms with E-state index in [1.807, 2.05) is 31.2 Å². The van der Waals surface area contributed by atoms with Gasteiger partial charge >= 0.3 is 12.1 Å². The Hall–Kier alpha value is -4.28. The number of allylic oxidation sites excluding steroid dienone is 2. The molecule has 1 N–H and O–H groups in total. The molecule has 17 heteroatoms. The van der Waals surface area contributed by atoms with Gasteiger partial charge in [-0.2, -0.15) is 13.2 Å². The number of alkyl halides is 4. The fourth-order valence-electron chi connectivity index (χ4n) is 9.10. The fraction of sp³-hybridized carbons (Fsp3) is 0.651. The summed E-state index contributed by atoms with van der Waals surface area (Å²) in [5.41, 5.74) is -3.29. The summed E-state index contributed by atoms with van der Waals surface area (Å²) in [4.78, 5) is 62.6. The predicted octanol–water partition coefficient (Wildman–Crippen LogP) is 6.72. The molecule has 7 rings (SSSR count). The highest BCUT2D eigenvalue weighted by atomic mass is 32.2. The van der Waals surface area contributed by atoms with Crippen molar-refractivity contribution in [2.75, 3.05) is 19.8 Å². The Morgan fingerprint density at radius 1 is 1.08 bits per heavy atom. The molecule has 1 aromatic carbocycles. The number of hydrogen-bond donors (Lipinski definition) is 1. The third-order valence-electron chi connectivity index (χ3n) is 13.3. The van der Waals surface area contributed by atoms with Crippen molar-refractivity contribution in [3.05, 3.63) is 42.1 Å². The maximum absolute atomic E-state index is 14.9. The molecule has 0 radical (unpaired) electrons. The number of hydrogen-bond acceptors (Lipinski definition) is 10. The second-order valence-corrected chi connectivity index (χ2v) is 20.3. The first-order valence-electron chi connectivity index (χ1n) is 20.8. The minimum atomic E-state index is -4.88. The van der Waals surface area contributed by atoms with E-state index in [0.717, 1.165) is 43.4 Å². The van der Waals surface area contributed by atoms with Gasteiger partial charge in [0.1, 0.15) is 23.3 Å². The zero-order valence-electron chi connectivity index (χ0n) is 34.3. The van der Waals surface area contributed by atoms with Gasteiger partial charge in [0.15, 0.2) is 5.78 Å². The highest BCUT2D eigenvalue weighted by molar-refractivity contribution is 7.91. The zero-order chi connectivity index (χ0) is 43.4. The number of halogens is 4. The normalized spacial score (nSPS) is 30.1. The van der Waals surface area contributed by atoms with Crippen LogP contribution in [0.2, 0.25) is 0 Å². The predicted molar refractivity (Wildman–Crippen MR) is 211 cm³/mol. The number of Topliss-reactive ketones (excluding diaryl/α,β-unsaturated/α-hetero) is 1. The van der Waals surface area contributed by atoms with Crippen LogP contribution in [0.1, 0.15) is 97.5 Å². The molecule has 2 aliphatic carbocycles. The summed E-state index contributed by atoms with van der Waals surface area (Å²) < 4.78 is 99.6. The van der Waals surface area contributed by atoms with Crippen LogP contribution in [0.3, 0.4) is 0 Å². The average molecular weight is 864 g/mol. The summed E-state index contributed by atoms with van der Waals surface area (Å²) in [6.07, 6.45) is 1.88. The van der Waals surface area contributed by atoms with E-state index < -0.39 is 105 Å². The van der Waals surface area contributed by atoms with Gasteiger partial charge in [-0.15, -0.1) is 0 Å². The van der Waals surface area contributed by atoms with Crippen molar-refractivity contribution < 1.29 is 59.4 Å². The van der Waals surface area contributed by atoms with Gasteiger partial charge in [-0.05, 0) is 101 Å².